The first kappa shape index (κ1) is 12.5. The second-order valence-corrected chi connectivity index (χ2v) is 4.32. The maximum atomic E-state index is 12.6. The van der Waals surface area contributed by atoms with Gasteiger partial charge in [-0.25, -0.2) is 0 Å². The lowest BCUT2D eigenvalue weighted by atomic mass is 10.6. The van der Waals surface area contributed by atoms with E-state index in [4.69, 9.17) is 15.3 Å². The summed E-state index contributed by atoms with van der Waals surface area (Å²) in [5, 5.41) is 21.5. The molecular formula is C6H7F2NO6S. The zero-order valence-electron chi connectivity index (χ0n) is 7.54. The van der Waals surface area contributed by atoms with Gasteiger partial charge in [0.25, 0.3) is 0 Å². The molecule has 0 spiro atoms. The summed E-state index contributed by atoms with van der Waals surface area (Å²) in [5.74, 6) is -1.79. The van der Waals surface area contributed by atoms with Crippen LogP contribution in [0.15, 0.2) is 12.1 Å². The van der Waals surface area contributed by atoms with Crippen LogP contribution in [0, 0.1) is 0 Å². The normalized spacial score (nSPS) is 12.7. The Bertz CT molecular complexity index is 462. The highest BCUT2D eigenvalue weighted by atomic mass is 32.2. The minimum absolute atomic E-state index is 0.126. The van der Waals surface area contributed by atoms with Crippen molar-refractivity contribution in [3.8, 4) is 11.8 Å². The fourth-order valence-electron chi connectivity index (χ4n) is 0.710. The summed E-state index contributed by atoms with van der Waals surface area (Å²) in [6.07, 6.45) is 0. The quantitative estimate of drug-likeness (QED) is 0.656. The molecule has 0 unspecified atom stereocenters. The number of aromatic hydroxyl groups is 2. The Morgan fingerprint density at radius 1 is 1.31 bits per heavy atom. The lowest BCUT2D eigenvalue weighted by Crippen LogP contribution is -2.39. The van der Waals surface area contributed by atoms with Gasteiger partial charge in [-0.2, -0.15) is 17.2 Å². The van der Waals surface area contributed by atoms with Gasteiger partial charge in [-0.05, 0) is 0 Å². The van der Waals surface area contributed by atoms with Crippen molar-refractivity contribution in [1.82, 2.24) is 4.73 Å². The van der Waals surface area contributed by atoms with Crippen molar-refractivity contribution in [2.75, 3.05) is 6.61 Å². The third-order valence-electron chi connectivity index (χ3n) is 1.52. The molecule has 0 amide bonds. The Hall–Kier alpha value is -1.55. The Labute approximate surface area is 88.2 Å². The first-order chi connectivity index (χ1) is 7.21. The molecule has 92 valence electrons. The summed E-state index contributed by atoms with van der Waals surface area (Å²) in [5.41, 5.74) is 0. The lowest BCUT2D eigenvalue weighted by Gasteiger charge is -2.14. The molecule has 0 fully saturated rings. The van der Waals surface area contributed by atoms with Gasteiger partial charge in [-0.3, -0.25) is 4.28 Å². The molecule has 1 aromatic heterocycles. The molecule has 0 saturated heterocycles. The van der Waals surface area contributed by atoms with E-state index in [1.54, 1.807) is 0 Å². The zero-order chi connectivity index (χ0) is 12.6. The van der Waals surface area contributed by atoms with Crippen LogP contribution in [0.3, 0.4) is 0 Å². The van der Waals surface area contributed by atoms with E-state index in [1.807, 2.05) is 0 Å². The predicted octanol–water partition coefficient (Wildman–Crippen LogP) is -0.757. The molecule has 1 aromatic rings. The van der Waals surface area contributed by atoms with Gasteiger partial charge in [0, 0.05) is 12.1 Å². The largest absolute Gasteiger partial charge is 0.492 e. The van der Waals surface area contributed by atoms with Gasteiger partial charge in [-0.15, -0.1) is 0 Å². The molecular weight excluding hydrogens is 252 g/mol. The van der Waals surface area contributed by atoms with Crippen LogP contribution in [-0.4, -0.2) is 40.3 Å². The molecule has 0 radical (unpaired) electrons. The van der Waals surface area contributed by atoms with Crippen LogP contribution >= 0.6 is 0 Å². The Kier molecular flexibility index (Phi) is 2.97. The van der Waals surface area contributed by atoms with Crippen molar-refractivity contribution in [3.63, 3.8) is 0 Å². The van der Waals surface area contributed by atoms with Crippen molar-refractivity contribution < 1.29 is 36.8 Å². The molecule has 0 saturated carbocycles. The maximum Gasteiger partial charge on any atom is 0.404 e. The molecule has 0 aliphatic carbocycles. The van der Waals surface area contributed by atoms with Crippen LogP contribution in [0.1, 0.15) is 0 Å². The van der Waals surface area contributed by atoms with Crippen LogP contribution in [-0.2, 0) is 10.1 Å². The minimum Gasteiger partial charge on any atom is -0.492 e. The van der Waals surface area contributed by atoms with E-state index < -0.39 is 33.7 Å². The predicted molar refractivity (Wildman–Crippen MR) is 45.3 cm³/mol. The molecule has 1 heterocycles. The number of hydrogen-bond acceptors (Lipinski definition) is 6. The summed E-state index contributed by atoms with van der Waals surface area (Å²) >= 11 is 0. The van der Waals surface area contributed by atoms with Crippen LogP contribution in [0.2, 0.25) is 0 Å². The van der Waals surface area contributed by atoms with E-state index in [2.05, 4.69) is 4.28 Å². The monoisotopic (exact) mass is 259 g/mol. The van der Waals surface area contributed by atoms with Crippen LogP contribution in [0.25, 0.3) is 0 Å². The minimum atomic E-state index is -5.52. The van der Waals surface area contributed by atoms with E-state index in [0.29, 0.717) is 0 Å². The number of aliphatic hydroxyl groups excluding tert-OH is 1. The van der Waals surface area contributed by atoms with Gasteiger partial charge in [0.15, 0.2) is 0 Å². The number of aliphatic hydroxyl groups is 1. The molecule has 0 aliphatic heterocycles. The van der Waals surface area contributed by atoms with Gasteiger partial charge < -0.3 is 15.3 Å². The lowest BCUT2D eigenvalue weighted by molar-refractivity contribution is 0.0121. The second kappa shape index (κ2) is 3.79. The van der Waals surface area contributed by atoms with Crippen molar-refractivity contribution in [2.45, 2.75) is 5.25 Å². The van der Waals surface area contributed by atoms with Gasteiger partial charge in [-0.1, -0.05) is 4.73 Å². The van der Waals surface area contributed by atoms with Crippen LogP contribution in [0.4, 0.5) is 8.78 Å². The molecule has 1 rings (SSSR count). The van der Waals surface area contributed by atoms with E-state index >= 15 is 0 Å². The summed E-state index contributed by atoms with van der Waals surface area (Å²) in [4.78, 5) is 0. The van der Waals surface area contributed by atoms with Gasteiger partial charge in [0.2, 0.25) is 11.8 Å². The Morgan fingerprint density at radius 3 is 2.12 bits per heavy atom. The molecule has 0 atom stereocenters. The summed E-state index contributed by atoms with van der Waals surface area (Å²) in [7, 11) is -5.52. The third kappa shape index (κ3) is 2.02. The zero-order valence-corrected chi connectivity index (χ0v) is 8.36. The standard InChI is InChI=1S/C6H7F2NO6S/c7-6(8,3-10)16(13,14)15-9-4(11)1-2-5(9)12/h1-2,10-12H,3H2. The Balaban J connectivity index is 3.08. The van der Waals surface area contributed by atoms with E-state index in [9.17, 15) is 17.2 Å². The van der Waals surface area contributed by atoms with Crippen LogP contribution < -0.4 is 4.28 Å². The van der Waals surface area contributed by atoms with Gasteiger partial charge >= 0.3 is 15.4 Å². The molecule has 0 bridgehead atoms. The number of alkyl halides is 2. The fourth-order valence-corrected chi connectivity index (χ4v) is 1.33. The van der Waals surface area contributed by atoms with Crippen molar-refractivity contribution in [2.24, 2.45) is 0 Å². The molecule has 10 heteroatoms. The molecule has 3 N–H and O–H groups in total. The average Bonchev–Trinajstić information content (AvgIpc) is 2.49. The fraction of sp³-hybridized carbons (Fsp3) is 0.333. The van der Waals surface area contributed by atoms with Crippen molar-refractivity contribution in [1.29, 1.82) is 0 Å². The summed E-state index contributed by atoms with van der Waals surface area (Å²) < 4.78 is 50.7. The third-order valence-corrected chi connectivity index (χ3v) is 2.73. The van der Waals surface area contributed by atoms with Crippen molar-refractivity contribution >= 4 is 10.1 Å². The van der Waals surface area contributed by atoms with Gasteiger partial charge in [0.1, 0.15) is 6.61 Å². The van der Waals surface area contributed by atoms with Crippen molar-refractivity contribution in [3.05, 3.63) is 12.1 Å². The number of hydrogen-bond donors (Lipinski definition) is 3. The maximum absolute atomic E-state index is 12.6. The second-order valence-electron chi connectivity index (χ2n) is 2.67. The number of nitrogens with zero attached hydrogens (tertiary/aromatic N) is 1. The highest BCUT2D eigenvalue weighted by Gasteiger charge is 2.48. The first-order valence-corrected chi connectivity index (χ1v) is 5.15. The topological polar surface area (TPSA) is 109 Å². The SMILES string of the molecule is O=S(=O)(On1c(O)ccc1O)C(F)(F)CO. The van der Waals surface area contributed by atoms with E-state index in [-0.39, 0.29) is 4.73 Å². The highest BCUT2D eigenvalue weighted by molar-refractivity contribution is 7.88. The summed E-state index contributed by atoms with van der Waals surface area (Å²) in [6.45, 7) is -1.99. The van der Waals surface area contributed by atoms with Gasteiger partial charge in [0.05, 0.1) is 0 Å². The molecule has 7 nitrogen and oxygen atoms in total. The van der Waals surface area contributed by atoms with Crippen LogP contribution in [0.5, 0.6) is 11.8 Å². The smallest absolute Gasteiger partial charge is 0.404 e. The Morgan fingerprint density at radius 2 is 1.75 bits per heavy atom. The molecule has 0 aromatic carbocycles. The summed E-state index contributed by atoms with van der Waals surface area (Å²) in [6, 6.07) is 1.64. The average molecular weight is 259 g/mol. The number of aromatic nitrogens is 1. The van der Waals surface area contributed by atoms with E-state index in [1.165, 1.54) is 0 Å². The molecule has 16 heavy (non-hydrogen) atoms. The number of rotatable bonds is 4. The first-order valence-electron chi connectivity index (χ1n) is 3.74. The number of halogens is 2. The van der Waals surface area contributed by atoms with E-state index in [0.717, 1.165) is 12.1 Å². The molecule has 0 aliphatic rings. The highest BCUT2D eigenvalue weighted by Crippen LogP contribution is 2.25.